The molecule has 1 heterocycles. The number of aliphatic hydroxyl groups is 1. The lowest BCUT2D eigenvalue weighted by molar-refractivity contribution is 0.127. The quantitative estimate of drug-likeness (QED) is 0.476. The number of benzene rings is 1. The highest BCUT2D eigenvalue weighted by atomic mass is 79.9. The lowest BCUT2D eigenvalue weighted by Crippen LogP contribution is -2.47. The standard InChI is InChI=1S/C19H30BrN3O2/c1-18(2,15-4-6-16(20)7-5-15)12-22-17(21-3)23-13-19(8-10-24)9-11-25-14-19/h4-7,24H,8-14H2,1-3H3,(H2,21,22,23). The summed E-state index contributed by atoms with van der Waals surface area (Å²) >= 11 is 3.48. The topological polar surface area (TPSA) is 65.9 Å². The van der Waals surface area contributed by atoms with Gasteiger partial charge in [0.15, 0.2) is 5.96 Å². The molecular weight excluding hydrogens is 382 g/mol. The first-order valence-corrected chi connectivity index (χ1v) is 9.59. The highest BCUT2D eigenvalue weighted by Crippen LogP contribution is 2.31. The predicted molar refractivity (Wildman–Crippen MR) is 106 cm³/mol. The molecule has 0 aromatic heterocycles. The Kier molecular flexibility index (Phi) is 7.28. The second-order valence-corrected chi connectivity index (χ2v) is 8.36. The molecule has 0 bridgehead atoms. The van der Waals surface area contributed by atoms with Gasteiger partial charge in [-0.05, 0) is 30.5 Å². The number of aliphatic imine (C=N–C) groups is 1. The minimum Gasteiger partial charge on any atom is -0.396 e. The Morgan fingerprint density at radius 3 is 2.60 bits per heavy atom. The lowest BCUT2D eigenvalue weighted by atomic mass is 9.84. The van der Waals surface area contributed by atoms with E-state index in [0.717, 1.165) is 43.0 Å². The van der Waals surface area contributed by atoms with Gasteiger partial charge < -0.3 is 20.5 Å². The number of guanidine groups is 1. The lowest BCUT2D eigenvalue weighted by Gasteiger charge is -2.30. The highest BCUT2D eigenvalue weighted by molar-refractivity contribution is 9.10. The van der Waals surface area contributed by atoms with Crippen LogP contribution in [0.5, 0.6) is 0 Å². The average molecular weight is 412 g/mol. The number of nitrogens with zero attached hydrogens (tertiary/aromatic N) is 1. The van der Waals surface area contributed by atoms with Crippen molar-refractivity contribution in [3.63, 3.8) is 0 Å². The maximum Gasteiger partial charge on any atom is 0.191 e. The Balaban J connectivity index is 1.90. The molecule has 1 aromatic rings. The van der Waals surface area contributed by atoms with Crippen LogP contribution >= 0.6 is 15.9 Å². The van der Waals surface area contributed by atoms with E-state index >= 15 is 0 Å². The smallest absolute Gasteiger partial charge is 0.191 e. The third kappa shape index (κ3) is 5.69. The van der Waals surface area contributed by atoms with Crippen molar-refractivity contribution in [1.29, 1.82) is 0 Å². The fourth-order valence-corrected chi connectivity index (χ4v) is 3.38. The zero-order valence-electron chi connectivity index (χ0n) is 15.4. The Bertz CT molecular complexity index is 567. The molecule has 0 spiro atoms. The van der Waals surface area contributed by atoms with E-state index in [1.165, 1.54) is 5.56 Å². The molecule has 0 amide bonds. The molecule has 1 aliphatic rings. The van der Waals surface area contributed by atoms with Gasteiger partial charge in [-0.3, -0.25) is 4.99 Å². The summed E-state index contributed by atoms with van der Waals surface area (Å²) in [5.74, 6) is 0.786. The van der Waals surface area contributed by atoms with Crippen molar-refractivity contribution in [3.05, 3.63) is 34.3 Å². The summed E-state index contributed by atoms with van der Waals surface area (Å²) in [5, 5.41) is 16.2. The van der Waals surface area contributed by atoms with Crippen LogP contribution in [0.3, 0.4) is 0 Å². The number of halogens is 1. The minimum absolute atomic E-state index is 0.00753. The molecule has 25 heavy (non-hydrogen) atoms. The molecule has 2 rings (SSSR count). The molecular formula is C19H30BrN3O2. The molecule has 1 unspecified atom stereocenters. The molecule has 1 atom stereocenters. The predicted octanol–water partition coefficient (Wildman–Crippen LogP) is 2.68. The first kappa shape index (κ1) is 20.2. The first-order valence-electron chi connectivity index (χ1n) is 8.80. The Labute approximate surface area is 159 Å². The Morgan fingerprint density at radius 1 is 1.32 bits per heavy atom. The van der Waals surface area contributed by atoms with E-state index in [0.29, 0.717) is 6.61 Å². The van der Waals surface area contributed by atoms with Crippen LogP contribution in [0.25, 0.3) is 0 Å². The largest absolute Gasteiger partial charge is 0.396 e. The van der Waals surface area contributed by atoms with Crippen molar-refractivity contribution in [2.45, 2.75) is 32.1 Å². The van der Waals surface area contributed by atoms with Crippen LogP contribution in [0, 0.1) is 5.41 Å². The molecule has 1 aromatic carbocycles. The molecule has 6 heteroatoms. The van der Waals surface area contributed by atoms with E-state index in [2.05, 4.69) is 69.7 Å². The molecule has 1 fully saturated rings. The van der Waals surface area contributed by atoms with E-state index < -0.39 is 0 Å². The van der Waals surface area contributed by atoms with Gasteiger partial charge >= 0.3 is 0 Å². The third-order valence-corrected chi connectivity index (χ3v) is 5.53. The van der Waals surface area contributed by atoms with Gasteiger partial charge in [-0.1, -0.05) is 41.9 Å². The molecule has 1 aliphatic heterocycles. The molecule has 1 saturated heterocycles. The van der Waals surface area contributed by atoms with Crippen LogP contribution < -0.4 is 10.6 Å². The number of nitrogens with one attached hydrogen (secondary N) is 2. The average Bonchev–Trinajstić information content (AvgIpc) is 3.04. The van der Waals surface area contributed by atoms with Gasteiger partial charge in [0, 0.05) is 48.7 Å². The van der Waals surface area contributed by atoms with Gasteiger partial charge in [0.2, 0.25) is 0 Å². The van der Waals surface area contributed by atoms with Crippen molar-refractivity contribution < 1.29 is 9.84 Å². The number of hydrogen-bond acceptors (Lipinski definition) is 3. The van der Waals surface area contributed by atoms with Gasteiger partial charge in [-0.25, -0.2) is 0 Å². The highest BCUT2D eigenvalue weighted by Gasteiger charge is 2.34. The van der Waals surface area contributed by atoms with Gasteiger partial charge in [-0.2, -0.15) is 0 Å². The van der Waals surface area contributed by atoms with Gasteiger partial charge in [0.1, 0.15) is 0 Å². The van der Waals surface area contributed by atoms with Crippen LogP contribution in [-0.2, 0) is 10.2 Å². The normalized spacial score (nSPS) is 21.4. The first-order chi connectivity index (χ1) is 11.9. The molecule has 0 radical (unpaired) electrons. The zero-order valence-corrected chi connectivity index (χ0v) is 17.0. The fourth-order valence-electron chi connectivity index (χ4n) is 3.11. The maximum atomic E-state index is 9.34. The van der Waals surface area contributed by atoms with Gasteiger partial charge in [0.25, 0.3) is 0 Å². The van der Waals surface area contributed by atoms with E-state index in [-0.39, 0.29) is 17.4 Å². The van der Waals surface area contributed by atoms with Gasteiger partial charge in [0.05, 0.1) is 6.61 Å². The van der Waals surface area contributed by atoms with Crippen molar-refractivity contribution in [3.8, 4) is 0 Å². The summed E-state index contributed by atoms with van der Waals surface area (Å²) < 4.78 is 6.63. The number of hydrogen-bond donors (Lipinski definition) is 3. The molecule has 0 saturated carbocycles. The molecule has 3 N–H and O–H groups in total. The summed E-state index contributed by atoms with van der Waals surface area (Å²) in [6, 6.07) is 8.44. The van der Waals surface area contributed by atoms with E-state index in [4.69, 9.17) is 4.74 Å². The Morgan fingerprint density at radius 2 is 2.04 bits per heavy atom. The van der Waals surface area contributed by atoms with E-state index in [9.17, 15) is 5.11 Å². The summed E-state index contributed by atoms with van der Waals surface area (Å²) in [5.41, 5.74) is 1.27. The van der Waals surface area contributed by atoms with Gasteiger partial charge in [-0.15, -0.1) is 0 Å². The Hall–Kier alpha value is -1.11. The third-order valence-electron chi connectivity index (χ3n) is 5.01. The second kappa shape index (κ2) is 9.01. The van der Waals surface area contributed by atoms with E-state index in [1.54, 1.807) is 7.05 Å². The zero-order chi connectivity index (χ0) is 18.3. The molecule has 0 aliphatic carbocycles. The van der Waals surface area contributed by atoms with Crippen LogP contribution in [0.2, 0.25) is 0 Å². The summed E-state index contributed by atoms with van der Waals surface area (Å²) in [7, 11) is 1.78. The van der Waals surface area contributed by atoms with Crippen LogP contribution in [-0.4, -0.2) is 51.0 Å². The number of ether oxygens (including phenoxy) is 1. The maximum absolute atomic E-state index is 9.34. The van der Waals surface area contributed by atoms with Crippen molar-refractivity contribution in [2.75, 3.05) is 40.0 Å². The van der Waals surface area contributed by atoms with Crippen LogP contribution in [0.1, 0.15) is 32.3 Å². The SMILES string of the molecule is CN=C(NCC1(CCO)CCOC1)NCC(C)(C)c1ccc(Br)cc1. The fraction of sp³-hybridized carbons (Fsp3) is 0.632. The summed E-state index contributed by atoms with van der Waals surface area (Å²) in [4.78, 5) is 4.33. The molecule has 140 valence electrons. The number of rotatable bonds is 7. The summed E-state index contributed by atoms with van der Waals surface area (Å²) in [6.45, 7) is 7.62. The monoisotopic (exact) mass is 411 g/mol. The van der Waals surface area contributed by atoms with Crippen molar-refractivity contribution in [2.24, 2.45) is 10.4 Å². The van der Waals surface area contributed by atoms with Crippen LogP contribution in [0.15, 0.2) is 33.7 Å². The second-order valence-electron chi connectivity index (χ2n) is 7.45. The number of aliphatic hydroxyl groups excluding tert-OH is 1. The van der Waals surface area contributed by atoms with Crippen LogP contribution in [0.4, 0.5) is 0 Å². The van der Waals surface area contributed by atoms with Crippen molar-refractivity contribution in [1.82, 2.24) is 10.6 Å². The van der Waals surface area contributed by atoms with E-state index in [1.807, 2.05) is 0 Å². The minimum atomic E-state index is -0.0163. The summed E-state index contributed by atoms with van der Waals surface area (Å²) in [6.07, 6.45) is 1.73. The van der Waals surface area contributed by atoms with Crippen molar-refractivity contribution >= 4 is 21.9 Å². The molecule has 5 nitrogen and oxygen atoms in total.